The van der Waals surface area contributed by atoms with Gasteiger partial charge in [0.15, 0.2) is 16.6 Å². The molecule has 0 saturated carbocycles. The smallest absolute Gasteiger partial charge is 0.234 e. The van der Waals surface area contributed by atoms with E-state index in [1.807, 2.05) is 36.4 Å². The maximum absolute atomic E-state index is 11.3. The van der Waals surface area contributed by atoms with E-state index in [-0.39, 0.29) is 5.91 Å². The summed E-state index contributed by atoms with van der Waals surface area (Å²) in [4.78, 5) is 29.7. The number of ether oxygens (including phenoxy) is 3. The predicted octanol–water partition coefficient (Wildman–Crippen LogP) is 3.12. The number of nitrogens with zero attached hydrogens (tertiary/aromatic N) is 4. The summed E-state index contributed by atoms with van der Waals surface area (Å²) in [7, 11) is 1.68. The lowest BCUT2D eigenvalue weighted by Gasteiger charge is -2.34. The fraction of sp³-hybridized carbons (Fsp3) is 0.419. The van der Waals surface area contributed by atoms with Crippen molar-refractivity contribution in [1.29, 1.82) is 0 Å². The first-order valence-electron chi connectivity index (χ1n) is 15.0. The molecule has 12 nitrogen and oxygen atoms in total. The van der Waals surface area contributed by atoms with Crippen molar-refractivity contribution >= 4 is 62.4 Å². The maximum atomic E-state index is 11.3. The Morgan fingerprint density at radius 2 is 1.77 bits per heavy atom. The van der Waals surface area contributed by atoms with E-state index < -0.39 is 0 Å². The second-order valence-electron chi connectivity index (χ2n) is 11.0. The van der Waals surface area contributed by atoms with Gasteiger partial charge in [-0.1, -0.05) is 4.98 Å². The lowest BCUT2D eigenvalue weighted by molar-refractivity contribution is -0.367. The zero-order chi connectivity index (χ0) is 30.5. The highest BCUT2D eigenvalue weighted by Crippen LogP contribution is 2.38. The number of aromatic nitrogens is 3. The second-order valence-corrected chi connectivity index (χ2v) is 11.4. The van der Waals surface area contributed by atoms with Gasteiger partial charge in [0.05, 0.1) is 58.6 Å². The Bertz CT molecular complexity index is 1610. The molecule has 0 atom stereocenters. The molecule has 13 heteroatoms. The number of anilines is 3. The van der Waals surface area contributed by atoms with E-state index in [9.17, 15) is 4.79 Å². The number of carbonyl (C=O) groups is 1. The van der Waals surface area contributed by atoms with Crippen molar-refractivity contribution in [3.05, 3.63) is 42.7 Å². The molecule has 0 bridgehead atoms. The number of methoxy groups -OCH3 is 1. The van der Waals surface area contributed by atoms with Crippen molar-refractivity contribution in [2.24, 2.45) is 0 Å². The van der Waals surface area contributed by atoms with Crippen molar-refractivity contribution in [3.8, 4) is 11.5 Å². The van der Waals surface area contributed by atoms with E-state index in [4.69, 9.17) is 26.4 Å². The maximum Gasteiger partial charge on any atom is 0.234 e. The van der Waals surface area contributed by atoms with Gasteiger partial charge in [-0.2, -0.15) is 0 Å². The van der Waals surface area contributed by atoms with Crippen molar-refractivity contribution in [1.82, 2.24) is 19.8 Å². The summed E-state index contributed by atoms with van der Waals surface area (Å²) >= 11 is 5.72. The molecule has 4 heterocycles. The van der Waals surface area contributed by atoms with Crippen LogP contribution in [0.4, 0.5) is 17.2 Å². The van der Waals surface area contributed by atoms with E-state index in [1.165, 1.54) is 6.92 Å². The van der Waals surface area contributed by atoms with E-state index in [2.05, 4.69) is 40.3 Å². The van der Waals surface area contributed by atoms with Crippen molar-refractivity contribution in [2.75, 3.05) is 88.3 Å². The lowest BCUT2D eigenvalue weighted by atomic mass is 10.1. The molecule has 4 N–H and O–H groups in total. The fourth-order valence-corrected chi connectivity index (χ4v) is 6.05. The second kappa shape index (κ2) is 13.6. The molecule has 6 rings (SSSR count). The Kier molecular flexibility index (Phi) is 9.24. The van der Waals surface area contributed by atoms with E-state index in [0.717, 1.165) is 110 Å². The highest BCUT2D eigenvalue weighted by atomic mass is 32.1. The summed E-state index contributed by atoms with van der Waals surface area (Å²) in [5.41, 5.74) is 3.39. The van der Waals surface area contributed by atoms with Crippen LogP contribution < -0.4 is 30.0 Å². The number of aromatic amines is 2. The van der Waals surface area contributed by atoms with Crippen LogP contribution in [-0.4, -0.2) is 104 Å². The SMILES string of the molecule is COc1cc2c(cc1OCCCN1CCOCC1)[nH]c1nc[nH+]c(N3CCN(C(=S)Nc4ccc(NC(C)=O)cc4)CC3)c12. The number of hydrogen-bond acceptors (Lipinski definition) is 8. The molecule has 2 saturated heterocycles. The van der Waals surface area contributed by atoms with Gasteiger partial charge in [-0.15, -0.1) is 0 Å². The quantitative estimate of drug-likeness (QED) is 0.190. The van der Waals surface area contributed by atoms with Crippen molar-refractivity contribution in [3.63, 3.8) is 0 Å². The number of thiocarbonyl (C=S) groups is 1. The minimum absolute atomic E-state index is 0.0981. The zero-order valence-corrected chi connectivity index (χ0v) is 26.0. The van der Waals surface area contributed by atoms with Crippen LogP contribution >= 0.6 is 12.2 Å². The normalized spacial score (nSPS) is 15.9. The molecule has 2 aliphatic heterocycles. The molecular formula is C31H39N8O4S+. The van der Waals surface area contributed by atoms with Gasteiger partial charge in [-0.3, -0.25) is 14.6 Å². The minimum Gasteiger partial charge on any atom is -0.493 e. The largest absolute Gasteiger partial charge is 0.493 e. The Balaban J connectivity index is 1.11. The minimum atomic E-state index is -0.0981. The van der Waals surface area contributed by atoms with Gasteiger partial charge in [0.25, 0.3) is 0 Å². The highest BCUT2D eigenvalue weighted by Gasteiger charge is 2.28. The summed E-state index contributed by atoms with van der Waals surface area (Å²) in [6.45, 7) is 9.76. The zero-order valence-electron chi connectivity index (χ0n) is 25.1. The lowest BCUT2D eigenvalue weighted by Crippen LogP contribution is -2.51. The van der Waals surface area contributed by atoms with Crippen LogP contribution in [0.2, 0.25) is 0 Å². The van der Waals surface area contributed by atoms with Gasteiger partial charge >= 0.3 is 0 Å². The van der Waals surface area contributed by atoms with Crippen LogP contribution in [0.1, 0.15) is 13.3 Å². The number of piperazine rings is 1. The Morgan fingerprint density at radius 1 is 1.05 bits per heavy atom. The Morgan fingerprint density at radius 3 is 2.48 bits per heavy atom. The summed E-state index contributed by atoms with van der Waals surface area (Å²) in [5, 5.41) is 8.82. The Labute approximate surface area is 261 Å². The van der Waals surface area contributed by atoms with E-state index in [1.54, 1.807) is 13.4 Å². The van der Waals surface area contributed by atoms with Gasteiger partial charge in [0, 0.05) is 49.4 Å². The topological polar surface area (TPSA) is 121 Å². The average molecular weight is 620 g/mol. The number of H-pyrrole nitrogens is 2. The molecule has 0 unspecified atom stereocenters. The summed E-state index contributed by atoms with van der Waals surface area (Å²) in [5.74, 6) is 2.33. The third-order valence-corrected chi connectivity index (χ3v) is 8.37. The number of fused-ring (bicyclic) bond motifs is 3. The highest BCUT2D eigenvalue weighted by molar-refractivity contribution is 7.80. The number of nitrogens with one attached hydrogen (secondary N) is 4. The van der Waals surface area contributed by atoms with E-state index in [0.29, 0.717) is 17.5 Å². The van der Waals surface area contributed by atoms with Crippen LogP contribution in [-0.2, 0) is 9.53 Å². The monoisotopic (exact) mass is 619 g/mol. The van der Waals surface area contributed by atoms with E-state index >= 15 is 0 Å². The number of morpholine rings is 1. The predicted molar refractivity (Wildman–Crippen MR) is 175 cm³/mol. The molecule has 2 fully saturated rings. The van der Waals surface area contributed by atoms with Gasteiger partial charge in [-0.25, -0.2) is 4.98 Å². The first-order chi connectivity index (χ1) is 21.5. The van der Waals surface area contributed by atoms with Gasteiger partial charge in [0.1, 0.15) is 5.39 Å². The van der Waals surface area contributed by atoms with Gasteiger partial charge in [0.2, 0.25) is 23.7 Å². The molecule has 2 aromatic carbocycles. The van der Waals surface area contributed by atoms with Gasteiger partial charge < -0.3 is 34.7 Å². The molecule has 44 heavy (non-hydrogen) atoms. The third-order valence-electron chi connectivity index (χ3n) is 8.01. The summed E-state index contributed by atoms with van der Waals surface area (Å²) < 4.78 is 17.4. The number of benzene rings is 2. The Hall–Kier alpha value is -4.20. The van der Waals surface area contributed by atoms with Crippen molar-refractivity contribution < 1.29 is 24.0 Å². The van der Waals surface area contributed by atoms with Crippen LogP contribution in [0.25, 0.3) is 21.9 Å². The molecule has 1 amide bonds. The molecule has 2 aromatic heterocycles. The van der Waals surface area contributed by atoms with Crippen LogP contribution in [0.15, 0.2) is 42.7 Å². The molecule has 0 radical (unpaired) electrons. The third kappa shape index (κ3) is 6.79. The number of rotatable bonds is 9. The number of hydrogen-bond donors (Lipinski definition) is 3. The first-order valence-corrected chi connectivity index (χ1v) is 15.4. The summed E-state index contributed by atoms with van der Waals surface area (Å²) in [6.07, 6.45) is 2.67. The molecule has 2 aliphatic rings. The van der Waals surface area contributed by atoms with Gasteiger partial charge in [-0.05, 0) is 49.0 Å². The van der Waals surface area contributed by atoms with Crippen LogP contribution in [0, 0.1) is 0 Å². The molecule has 4 aromatic rings. The number of amides is 1. The fourth-order valence-electron chi connectivity index (χ4n) is 5.75. The standard InChI is InChI=1S/C31H38N8O4S/c1-21(40)34-22-4-6-23(7-5-22)35-31(44)39-11-9-38(10-12-39)30-28-24-18-26(41-2)27(19-25(24)36-29(28)32-20-33-30)43-15-3-8-37-13-16-42-17-14-37/h4-7,18-20H,3,8-17H2,1-2H3,(H,34,40)(H,35,44)(H,32,33,36)/p+1. The average Bonchev–Trinajstić information content (AvgIpc) is 3.41. The number of carbonyl (C=O) groups excluding carboxylic acids is 1. The van der Waals surface area contributed by atoms with Crippen LogP contribution in [0.5, 0.6) is 11.5 Å². The molecule has 0 aliphatic carbocycles. The first kappa shape index (κ1) is 29.9. The molecule has 232 valence electrons. The molecular weight excluding hydrogens is 580 g/mol. The van der Waals surface area contributed by atoms with Crippen LogP contribution in [0.3, 0.4) is 0 Å². The summed E-state index contributed by atoms with van der Waals surface area (Å²) in [6, 6.07) is 11.6. The van der Waals surface area contributed by atoms with Crippen molar-refractivity contribution in [2.45, 2.75) is 13.3 Å². The molecule has 0 spiro atoms.